The Morgan fingerprint density at radius 2 is 1.92 bits per heavy atom. The Kier molecular flexibility index (Phi) is 7.54. The summed E-state index contributed by atoms with van der Waals surface area (Å²) in [6.45, 7) is 5.14. The van der Waals surface area contributed by atoms with Crippen LogP contribution in [0.1, 0.15) is 25.8 Å². The molecule has 0 heterocycles. The third-order valence-corrected chi connectivity index (χ3v) is 3.79. The van der Waals surface area contributed by atoms with E-state index in [1.54, 1.807) is 6.08 Å². The average Bonchev–Trinajstić information content (AvgIpc) is 2.61. The number of para-hydroxylation sites is 2. The SMILES string of the molecule is CCCOc1ccccc1NC(=O)/C=C/c1cc(Br)ccc1OCC. The molecular weight excluding hydrogens is 382 g/mol. The van der Waals surface area contributed by atoms with E-state index in [0.717, 1.165) is 22.2 Å². The number of carbonyl (C=O) groups is 1. The van der Waals surface area contributed by atoms with Gasteiger partial charge < -0.3 is 14.8 Å². The van der Waals surface area contributed by atoms with E-state index >= 15 is 0 Å². The predicted molar refractivity (Wildman–Crippen MR) is 105 cm³/mol. The van der Waals surface area contributed by atoms with Gasteiger partial charge in [0.1, 0.15) is 11.5 Å². The highest BCUT2D eigenvalue weighted by atomic mass is 79.9. The van der Waals surface area contributed by atoms with E-state index in [1.165, 1.54) is 6.08 Å². The van der Waals surface area contributed by atoms with Crippen molar-refractivity contribution in [2.75, 3.05) is 18.5 Å². The molecular formula is C20H22BrNO3. The summed E-state index contributed by atoms with van der Waals surface area (Å²) in [5.41, 5.74) is 1.49. The van der Waals surface area contributed by atoms with E-state index < -0.39 is 0 Å². The Morgan fingerprint density at radius 3 is 2.68 bits per heavy atom. The maximum Gasteiger partial charge on any atom is 0.248 e. The Hall–Kier alpha value is -2.27. The highest BCUT2D eigenvalue weighted by Crippen LogP contribution is 2.26. The number of ether oxygens (including phenoxy) is 2. The molecule has 2 aromatic rings. The molecule has 4 nitrogen and oxygen atoms in total. The third-order valence-electron chi connectivity index (χ3n) is 3.29. The van der Waals surface area contributed by atoms with Crippen molar-refractivity contribution in [2.45, 2.75) is 20.3 Å². The summed E-state index contributed by atoms with van der Waals surface area (Å²) in [6.07, 6.45) is 4.13. The Balaban J connectivity index is 2.10. The van der Waals surface area contributed by atoms with Crippen molar-refractivity contribution in [1.82, 2.24) is 0 Å². The van der Waals surface area contributed by atoms with Crippen molar-refractivity contribution in [3.05, 3.63) is 58.6 Å². The van der Waals surface area contributed by atoms with Gasteiger partial charge in [-0.05, 0) is 49.8 Å². The number of amides is 1. The van der Waals surface area contributed by atoms with Crippen molar-refractivity contribution < 1.29 is 14.3 Å². The smallest absolute Gasteiger partial charge is 0.248 e. The maximum atomic E-state index is 12.3. The number of rotatable bonds is 8. The molecule has 0 saturated heterocycles. The fourth-order valence-corrected chi connectivity index (χ4v) is 2.56. The predicted octanol–water partition coefficient (Wildman–Crippen LogP) is 5.29. The van der Waals surface area contributed by atoms with Gasteiger partial charge in [-0.25, -0.2) is 0 Å². The number of carbonyl (C=O) groups excluding carboxylic acids is 1. The van der Waals surface area contributed by atoms with Crippen molar-refractivity contribution in [3.63, 3.8) is 0 Å². The van der Waals surface area contributed by atoms with Gasteiger partial charge in [-0.2, -0.15) is 0 Å². The van der Waals surface area contributed by atoms with Crippen LogP contribution in [0.5, 0.6) is 11.5 Å². The normalized spacial score (nSPS) is 10.7. The third kappa shape index (κ3) is 5.94. The van der Waals surface area contributed by atoms with Crippen LogP contribution in [0.2, 0.25) is 0 Å². The number of anilines is 1. The molecule has 0 aliphatic carbocycles. The summed E-state index contributed by atoms with van der Waals surface area (Å²) in [5.74, 6) is 1.18. The number of benzene rings is 2. The number of hydrogen-bond donors (Lipinski definition) is 1. The fraction of sp³-hybridized carbons (Fsp3) is 0.250. The lowest BCUT2D eigenvalue weighted by Crippen LogP contribution is -2.09. The lowest BCUT2D eigenvalue weighted by molar-refractivity contribution is -0.111. The van der Waals surface area contributed by atoms with Crippen LogP contribution >= 0.6 is 15.9 Å². The van der Waals surface area contributed by atoms with Gasteiger partial charge in [-0.3, -0.25) is 4.79 Å². The maximum absolute atomic E-state index is 12.3. The van der Waals surface area contributed by atoms with Crippen LogP contribution in [0.25, 0.3) is 6.08 Å². The molecule has 132 valence electrons. The second-order valence-corrected chi connectivity index (χ2v) is 6.20. The lowest BCUT2D eigenvalue weighted by Gasteiger charge is -2.11. The summed E-state index contributed by atoms with van der Waals surface area (Å²) in [6, 6.07) is 13.1. The van der Waals surface area contributed by atoms with Gasteiger partial charge in [0.15, 0.2) is 0 Å². The second kappa shape index (κ2) is 9.89. The lowest BCUT2D eigenvalue weighted by atomic mass is 10.2. The molecule has 0 saturated carbocycles. The van der Waals surface area contributed by atoms with Crippen LogP contribution in [0.15, 0.2) is 53.0 Å². The molecule has 25 heavy (non-hydrogen) atoms. The van der Waals surface area contributed by atoms with Crippen LogP contribution in [0.3, 0.4) is 0 Å². The molecule has 0 aliphatic rings. The minimum Gasteiger partial charge on any atom is -0.493 e. The summed E-state index contributed by atoms with van der Waals surface area (Å²) in [5, 5.41) is 2.85. The topological polar surface area (TPSA) is 47.6 Å². The van der Waals surface area contributed by atoms with E-state index in [1.807, 2.05) is 56.3 Å². The standard InChI is InChI=1S/C20H22BrNO3/c1-3-13-25-19-8-6-5-7-17(19)22-20(23)12-9-15-14-16(21)10-11-18(15)24-4-2/h5-12,14H,3-4,13H2,1-2H3,(H,22,23)/b12-9+. The van der Waals surface area contributed by atoms with Crippen LogP contribution in [-0.2, 0) is 4.79 Å². The zero-order chi connectivity index (χ0) is 18.1. The minimum absolute atomic E-state index is 0.227. The van der Waals surface area contributed by atoms with Gasteiger partial charge in [-0.1, -0.05) is 35.0 Å². The van der Waals surface area contributed by atoms with Gasteiger partial charge in [0.05, 0.1) is 18.9 Å². The van der Waals surface area contributed by atoms with Crippen LogP contribution in [-0.4, -0.2) is 19.1 Å². The molecule has 0 bridgehead atoms. The first kappa shape index (κ1) is 19.1. The van der Waals surface area contributed by atoms with Crippen LogP contribution in [0, 0.1) is 0 Å². The van der Waals surface area contributed by atoms with Gasteiger partial charge in [0.25, 0.3) is 0 Å². The van der Waals surface area contributed by atoms with Crippen molar-refractivity contribution >= 4 is 33.6 Å². The first-order valence-electron chi connectivity index (χ1n) is 8.27. The summed E-state index contributed by atoms with van der Waals surface area (Å²) >= 11 is 3.44. The first-order valence-corrected chi connectivity index (χ1v) is 9.06. The zero-order valence-corrected chi connectivity index (χ0v) is 16.0. The van der Waals surface area contributed by atoms with Gasteiger partial charge in [0.2, 0.25) is 5.91 Å². The Labute approximate surface area is 157 Å². The largest absolute Gasteiger partial charge is 0.493 e. The van der Waals surface area contributed by atoms with Gasteiger partial charge in [-0.15, -0.1) is 0 Å². The highest BCUT2D eigenvalue weighted by molar-refractivity contribution is 9.10. The average molecular weight is 404 g/mol. The molecule has 0 atom stereocenters. The Bertz CT molecular complexity index is 743. The van der Waals surface area contributed by atoms with E-state index in [9.17, 15) is 4.79 Å². The molecule has 0 unspecified atom stereocenters. The monoisotopic (exact) mass is 403 g/mol. The van der Waals surface area contributed by atoms with Crippen molar-refractivity contribution in [1.29, 1.82) is 0 Å². The van der Waals surface area contributed by atoms with E-state index in [0.29, 0.717) is 24.7 Å². The zero-order valence-electron chi connectivity index (χ0n) is 14.4. The second-order valence-electron chi connectivity index (χ2n) is 5.28. The molecule has 5 heteroatoms. The molecule has 2 aromatic carbocycles. The summed E-state index contributed by atoms with van der Waals surface area (Å²) in [4.78, 5) is 12.3. The minimum atomic E-state index is -0.227. The number of nitrogens with one attached hydrogen (secondary N) is 1. The molecule has 0 spiro atoms. The van der Waals surface area contributed by atoms with Crippen LogP contribution < -0.4 is 14.8 Å². The van der Waals surface area contributed by atoms with Gasteiger partial charge >= 0.3 is 0 Å². The van der Waals surface area contributed by atoms with Gasteiger partial charge in [0, 0.05) is 16.1 Å². The molecule has 2 rings (SSSR count). The molecule has 0 aliphatic heterocycles. The van der Waals surface area contributed by atoms with E-state index in [4.69, 9.17) is 9.47 Å². The number of halogens is 1. The van der Waals surface area contributed by atoms with Crippen molar-refractivity contribution in [3.8, 4) is 11.5 Å². The van der Waals surface area contributed by atoms with Crippen LogP contribution in [0.4, 0.5) is 5.69 Å². The molecule has 1 N–H and O–H groups in total. The Morgan fingerprint density at radius 1 is 1.12 bits per heavy atom. The molecule has 1 amide bonds. The van der Waals surface area contributed by atoms with E-state index in [-0.39, 0.29) is 5.91 Å². The van der Waals surface area contributed by atoms with Crippen molar-refractivity contribution in [2.24, 2.45) is 0 Å². The first-order chi connectivity index (χ1) is 12.1. The highest BCUT2D eigenvalue weighted by Gasteiger charge is 2.06. The summed E-state index contributed by atoms with van der Waals surface area (Å²) < 4.78 is 12.2. The molecule has 0 aromatic heterocycles. The molecule has 0 fully saturated rings. The van der Waals surface area contributed by atoms with E-state index in [2.05, 4.69) is 21.2 Å². The fourth-order valence-electron chi connectivity index (χ4n) is 2.18. The number of hydrogen-bond acceptors (Lipinski definition) is 3. The summed E-state index contributed by atoms with van der Waals surface area (Å²) in [7, 11) is 0. The molecule has 0 radical (unpaired) electrons. The quantitative estimate of drug-likeness (QED) is 0.609.